The lowest BCUT2D eigenvalue weighted by molar-refractivity contribution is -0.150. The van der Waals surface area contributed by atoms with E-state index >= 15 is 0 Å². The Morgan fingerprint density at radius 2 is 1.89 bits per heavy atom. The topological polar surface area (TPSA) is 67.6 Å². The van der Waals surface area contributed by atoms with Gasteiger partial charge in [0.05, 0.1) is 7.11 Å². The van der Waals surface area contributed by atoms with Crippen molar-refractivity contribution in [2.75, 3.05) is 33.3 Å². The number of piperidine rings is 2. The van der Waals surface area contributed by atoms with Crippen LogP contribution in [0.25, 0.3) is 0 Å². The van der Waals surface area contributed by atoms with Crippen molar-refractivity contribution in [3.8, 4) is 0 Å². The van der Waals surface area contributed by atoms with E-state index in [1.54, 1.807) is 0 Å². The van der Waals surface area contributed by atoms with Crippen molar-refractivity contribution in [2.45, 2.75) is 37.8 Å². The van der Waals surface area contributed by atoms with E-state index in [0.29, 0.717) is 12.0 Å². The summed E-state index contributed by atoms with van der Waals surface area (Å²) >= 11 is 0. The quantitative estimate of drug-likeness (QED) is 0.692. The van der Waals surface area contributed by atoms with E-state index in [2.05, 4.69) is 10.2 Å². The van der Waals surface area contributed by atoms with Gasteiger partial charge in [0.25, 0.3) is 0 Å². The Bertz CT molecular complexity index is 271. The maximum absolute atomic E-state index is 12.1. The number of carbonyl (C=O) groups excluding carboxylic acids is 1. The van der Waals surface area contributed by atoms with Gasteiger partial charge in [-0.2, -0.15) is 0 Å². The summed E-state index contributed by atoms with van der Waals surface area (Å²) in [5.74, 6) is 0.352. The van der Waals surface area contributed by atoms with Gasteiger partial charge in [0, 0.05) is 19.1 Å². The van der Waals surface area contributed by atoms with Crippen LogP contribution in [0, 0.1) is 5.92 Å². The number of nitrogens with one attached hydrogen (secondary N) is 1. The Morgan fingerprint density at radius 3 is 2.44 bits per heavy atom. The van der Waals surface area contributed by atoms with Crippen molar-refractivity contribution >= 4 is 5.97 Å². The lowest BCUT2D eigenvalue weighted by atomic mass is 9.88. The second-order valence-corrected chi connectivity index (χ2v) is 5.43. The summed E-state index contributed by atoms with van der Waals surface area (Å²) in [4.78, 5) is 14.4. The first-order chi connectivity index (χ1) is 8.72. The van der Waals surface area contributed by atoms with Gasteiger partial charge in [-0.3, -0.25) is 9.69 Å². The normalized spacial score (nSPS) is 25.9. The molecule has 1 unspecified atom stereocenters. The average Bonchev–Trinajstić information content (AvgIpc) is 2.42. The molecule has 5 nitrogen and oxygen atoms in total. The van der Waals surface area contributed by atoms with Crippen LogP contribution in [-0.4, -0.2) is 56.2 Å². The molecule has 104 valence electrons. The molecule has 0 spiro atoms. The molecule has 3 N–H and O–H groups in total. The Morgan fingerprint density at radius 1 is 1.28 bits per heavy atom. The molecule has 0 aromatic rings. The summed E-state index contributed by atoms with van der Waals surface area (Å²) in [7, 11) is 1.49. The van der Waals surface area contributed by atoms with E-state index < -0.39 is 0 Å². The second-order valence-electron chi connectivity index (χ2n) is 5.43. The van der Waals surface area contributed by atoms with Gasteiger partial charge in [-0.15, -0.1) is 0 Å². The van der Waals surface area contributed by atoms with E-state index in [-0.39, 0.29) is 12.0 Å². The maximum Gasteiger partial charge on any atom is 0.323 e. The van der Waals surface area contributed by atoms with Gasteiger partial charge in [-0.05, 0) is 44.7 Å². The molecule has 0 saturated carbocycles. The molecule has 2 aliphatic heterocycles. The predicted octanol–water partition coefficient (Wildman–Crippen LogP) is -0.0493. The molecular weight excluding hydrogens is 230 g/mol. The molecule has 0 aromatic carbocycles. The minimum atomic E-state index is -0.0719. The molecule has 5 heteroatoms. The number of ether oxygens (including phenoxy) is 1. The molecule has 0 aromatic heterocycles. The van der Waals surface area contributed by atoms with Gasteiger partial charge < -0.3 is 15.8 Å². The van der Waals surface area contributed by atoms with Crippen LogP contribution in [0.1, 0.15) is 25.7 Å². The number of nitrogens with zero attached hydrogens (tertiary/aromatic N) is 1. The summed E-state index contributed by atoms with van der Waals surface area (Å²) < 4.78 is 5.01. The molecule has 2 fully saturated rings. The molecule has 0 bridgehead atoms. The van der Waals surface area contributed by atoms with Crippen LogP contribution in [0.5, 0.6) is 0 Å². The zero-order chi connectivity index (χ0) is 13.0. The molecule has 2 saturated heterocycles. The highest BCUT2D eigenvalue weighted by atomic mass is 16.5. The molecule has 2 aliphatic rings. The summed E-state index contributed by atoms with van der Waals surface area (Å²) in [5, 5.41) is 3.35. The number of nitrogens with two attached hydrogens (primary N) is 1. The standard InChI is InChI=1S/C13H25N3O2/c1-18-13(17)12(10-2-6-15-7-3-10)16-8-4-11(14)5-9-16/h10-12,15H,2-9,14H2,1H3. The Labute approximate surface area is 109 Å². The number of methoxy groups -OCH3 is 1. The number of rotatable bonds is 3. The Balaban J connectivity index is 2.01. The van der Waals surface area contributed by atoms with Crippen molar-refractivity contribution in [1.29, 1.82) is 0 Å². The summed E-state index contributed by atoms with van der Waals surface area (Å²) in [6.07, 6.45) is 4.08. The first kappa shape index (κ1) is 13.8. The smallest absolute Gasteiger partial charge is 0.323 e. The maximum atomic E-state index is 12.1. The fourth-order valence-electron chi connectivity index (χ4n) is 3.12. The Kier molecular flexibility index (Phi) is 4.97. The zero-order valence-corrected chi connectivity index (χ0v) is 11.2. The van der Waals surface area contributed by atoms with Crippen LogP contribution in [0.15, 0.2) is 0 Å². The monoisotopic (exact) mass is 255 g/mol. The third-order valence-electron chi connectivity index (χ3n) is 4.24. The van der Waals surface area contributed by atoms with Crippen LogP contribution in [0.2, 0.25) is 0 Å². The second kappa shape index (κ2) is 6.50. The highest BCUT2D eigenvalue weighted by Gasteiger charge is 2.36. The van der Waals surface area contributed by atoms with Crippen LogP contribution < -0.4 is 11.1 Å². The van der Waals surface area contributed by atoms with E-state index in [9.17, 15) is 4.79 Å². The summed E-state index contributed by atoms with van der Waals surface area (Å²) in [6.45, 7) is 3.85. The largest absolute Gasteiger partial charge is 0.468 e. The van der Waals surface area contributed by atoms with Gasteiger partial charge in [-0.1, -0.05) is 0 Å². The SMILES string of the molecule is COC(=O)C(C1CCNCC1)N1CCC(N)CC1. The first-order valence-electron chi connectivity index (χ1n) is 7.00. The number of carbonyl (C=O) groups is 1. The van der Waals surface area contributed by atoms with E-state index in [1.807, 2.05) is 0 Å². The number of hydrogen-bond acceptors (Lipinski definition) is 5. The minimum Gasteiger partial charge on any atom is -0.468 e. The number of esters is 1. The first-order valence-corrected chi connectivity index (χ1v) is 7.00. The fraction of sp³-hybridized carbons (Fsp3) is 0.923. The number of hydrogen-bond donors (Lipinski definition) is 2. The van der Waals surface area contributed by atoms with Crippen molar-refractivity contribution < 1.29 is 9.53 Å². The van der Waals surface area contributed by atoms with Crippen LogP contribution in [-0.2, 0) is 9.53 Å². The molecule has 2 rings (SSSR count). The molecule has 0 radical (unpaired) electrons. The predicted molar refractivity (Wildman–Crippen MR) is 70.2 cm³/mol. The molecular formula is C13H25N3O2. The van der Waals surface area contributed by atoms with Gasteiger partial charge in [0.15, 0.2) is 0 Å². The molecule has 0 amide bonds. The van der Waals surface area contributed by atoms with Gasteiger partial charge >= 0.3 is 5.97 Å². The molecule has 2 heterocycles. The average molecular weight is 255 g/mol. The number of likely N-dealkylation sites (tertiary alicyclic amines) is 1. The third-order valence-corrected chi connectivity index (χ3v) is 4.24. The summed E-state index contributed by atoms with van der Waals surface area (Å²) in [5.41, 5.74) is 5.93. The van der Waals surface area contributed by atoms with Crippen molar-refractivity contribution in [3.63, 3.8) is 0 Å². The van der Waals surface area contributed by atoms with Crippen molar-refractivity contribution in [1.82, 2.24) is 10.2 Å². The van der Waals surface area contributed by atoms with Gasteiger partial charge in [0.1, 0.15) is 6.04 Å². The van der Waals surface area contributed by atoms with Crippen molar-refractivity contribution in [2.24, 2.45) is 11.7 Å². The minimum absolute atomic E-state index is 0.0652. The van der Waals surface area contributed by atoms with Gasteiger partial charge in [-0.25, -0.2) is 0 Å². The highest BCUT2D eigenvalue weighted by molar-refractivity contribution is 5.76. The van der Waals surface area contributed by atoms with Gasteiger partial charge in [0.2, 0.25) is 0 Å². The van der Waals surface area contributed by atoms with E-state index in [0.717, 1.165) is 51.9 Å². The molecule has 0 aliphatic carbocycles. The van der Waals surface area contributed by atoms with Crippen molar-refractivity contribution in [3.05, 3.63) is 0 Å². The summed E-state index contributed by atoms with van der Waals surface area (Å²) in [6, 6.07) is 0.233. The third kappa shape index (κ3) is 3.22. The molecule has 18 heavy (non-hydrogen) atoms. The van der Waals surface area contributed by atoms with E-state index in [4.69, 9.17) is 10.5 Å². The fourth-order valence-corrected chi connectivity index (χ4v) is 3.12. The Hall–Kier alpha value is -0.650. The lowest BCUT2D eigenvalue weighted by Crippen LogP contribution is -2.53. The highest BCUT2D eigenvalue weighted by Crippen LogP contribution is 2.24. The van der Waals surface area contributed by atoms with Crippen LogP contribution in [0.3, 0.4) is 0 Å². The molecule has 1 atom stereocenters. The van der Waals surface area contributed by atoms with Crippen LogP contribution >= 0.6 is 0 Å². The van der Waals surface area contributed by atoms with E-state index in [1.165, 1.54) is 7.11 Å². The lowest BCUT2D eigenvalue weighted by Gasteiger charge is -2.40. The zero-order valence-electron chi connectivity index (χ0n) is 11.2. The van der Waals surface area contributed by atoms with Crippen LogP contribution in [0.4, 0.5) is 0 Å².